The highest BCUT2D eigenvalue weighted by molar-refractivity contribution is 8.02. The van der Waals surface area contributed by atoms with Gasteiger partial charge in [0.15, 0.2) is 0 Å². The van der Waals surface area contributed by atoms with Crippen LogP contribution in [0, 0.1) is 6.92 Å². The highest BCUT2D eigenvalue weighted by Crippen LogP contribution is 2.28. The molecule has 0 radical (unpaired) electrons. The summed E-state index contributed by atoms with van der Waals surface area (Å²) < 4.78 is 0. The van der Waals surface area contributed by atoms with Crippen LogP contribution in [0.1, 0.15) is 30.9 Å². The molecule has 0 aliphatic carbocycles. The number of nitrogens with one attached hydrogen (secondary N) is 3. The third-order valence-corrected chi connectivity index (χ3v) is 6.22. The van der Waals surface area contributed by atoms with Gasteiger partial charge in [0, 0.05) is 29.0 Å². The van der Waals surface area contributed by atoms with Crippen molar-refractivity contribution in [1.29, 1.82) is 0 Å². The first-order chi connectivity index (χ1) is 15.7. The van der Waals surface area contributed by atoms with Crippen LogP contribution in [0.4, 0.5) is 23.1 Å². The summed E-state index contributed by atoms with van der Waals surface area (Å²) >= 11 is 1.74. The van der Waals surface area contributed by atoms with Gasteiger partial charge >= 0.3 is 0 Å². The van der Waals surface area contributed by atoms with Crippen molar-refractivity contribution in [3.05, 3.63) is 83.4 Å². The van der Waals surface area contributed by atoms with Crippen molar-refractivity contribution >= 4 is 40.5 Å². The number of aromatic nitrogens is 2. The van der Waals surface area contributed by atoms with Crippen molar-refractivity contribution in [3.8, 4) is 0 Å². The fourth-order valence-electron chi connectivity index (χ4n) is 3.47. The molecule has 2 heterocycles. The molecule has 0 fully saturated rings. The van der Waals surface area contributed by atoms with E-state index in [1.54, 1.807) is 18.0 Å². The average Bonchev–Trinajstić information content (AvgIpc) is 2.82. The number of benzene rings is 2. The summed E-state index contributed by atoms with van der Waals surface area (Å²) in [7, 11) is 0. The molecule has 2 aromatic carbocycles. The first kappa shape index (κ1) is 22.1. The quantitative estimate of drug-likeness (QED) is 0.338. The zero-order valence-electron chi connectivity index (χ0n) is 18.6. The summed E-state index contributed by atoms with van der Waals surface area (Å²) in [5.41, 5.74) is 5.87. The van der Waals surface area contributed by atoms with Gasteiger partial charge in [-0.05, 0) is 78.8 Å². The molecule has 3 aromatic rings. The molecule has 0 saturated carbocycles. The molecule has 0 saturated heterocycles. The third-order valence-electron chi connectivity index (χ3n) is 5.20. The van der Waals surface area contributed by atoms with Gasteiger partial charge < -0.3 is 16.0 Å². The number of rotatable bonds is 8. The number of anilines is 4. The summed E-state index contributed by atoms with van der Waals surface area (Å²) in [4.78, 5) is 10.3. The molecule has 0 amide bonds. The summed E-state index contributed by atoms with van der Waals surface area (Å²) in [5.74, 6) is 1.32. The molecule has 0 unspecified atom stereocenters. The molecule has 32 heavy (non-hydrogen) atoms. The lowest BCUT2D eigenvalue weighted by molar-refractivity contribution is 0.738. The second-order valence-corrected chi connectivity index (χ2v) is 8.61. The summed E-state index contributed by atoms with van der Waals surface area (Å²) in [6.45, 7) is 6.22. The van der Waals surface area contributed by atoms with Crippen LogP contribution in [0.3, 0.4) is 0 Å². The maximum absolute atomic E-state index is 4.65. The van der Waals surface area contributed by atoms with Crippen LogP contribution < -0.4 is 16.0 Å². The van der Waals surface area contributed by atoms with Crippen molar-refractivity contribution in [3.63, 3.8) is 0 Å². The molecular weight excluding hydrogens is 414 g/mol. The topological polar surface area (TPSA) is 61.9 Å². The standard InChI is InChI=1S/C26H29N5S/c1-3-4-16-32-24-18-23(9-8-19(24)2)29-25-12-15-28-26(31-25)30-22-7-5-6-21(17-22)20-10-13-27-14-11-20/h4-10,12,15-18,27H,3,11,13-14H2,1-2H3,(H2,28,29,30,31). The Morgan fingerprint density at radius 2 is 2.00 bits per heavy atom. The largest absolute Gasteiger partial charge is 0.340 e. The van der Waals surface area contributed by atoms with E-state index in [0.717, 1.165) is 43.1 Å². The molecule has 1 aliphatic heterocycles. The van der Waals surface area contributed by atoms with Gasteiger partial charge in [-0.25, -0.2) is 4.98 Å². The predicted molar refractivity (Wildman–Crippen MR) is 137 cm³/mol. The molecular formula is C26H29N5S. The molecule has 0 atom stereocenters. The molecule has 164 valence electrons. The van der Waals surface area contributed by atoms with Crippen LogP contribution >= 0.6 is 11.8 Å². The monoisotopic (exact) mass is 443 g/mol. The Labute approximate surface area is 194 Å². The van der Waals surface area contributed by atoms with Crippen LogP contribution in [0.15, 0.2) is 77.2 Å². The first-order valence-corrected chi connectivity index (χ1v) is 11.9. The van der Waals surface area contributed by atoms with Crippen LogP contribution in [-0.4, -0.2) is 23.1 Å². The van der Waals surface area contributed by atoms with Crippen LogP contribution in [0.2, 0.25) is 0 Å². The van der Waals surface area contributed by atoms with E-state index in [1.807, 2.05) is 12.1 Å². The van der Waals surface area contributed by atoms with E-state index in [0.29, 0.717) is 5.95 Å². The molecule has 0 bridgehead atoms. The molecule has 1 aromatic heterocycles. The fraction of sp³-hybridized carbons (Fsp3) is 0.231. The van der Waals surface area contributed by atoms with E-state index in [-0.39, 0.29) is 0 Å². The summed E-state index contributed by atoms with van der Waals surface area (Å²) in [6.07, 6.45) is 8.28. The second-order valence-electron chi connectivity index (χ2n) is 7.66. The smallest absolute Gasteiger partial charge is 0.229 e. The molecule has 4 rings (SSSR count). The van der Waals surface area contributed by atoms with Crippen molar-refractivity contribution in [1.82, 2.24) is 15.3 Å². The molecule has 5 nitrogen and oxygen atoms in total. The summed E-state index contributed by atoms with van der Waals surface area (Å²) in [5, 5.41) is 12.3. The van der Waals surface area contributed by atoms with Crippen molar-refractivity contribution < 1.29 is 0 Å². The zero-order valence-corrected chi connectivity index (χ0v) is 19.4. The number of hydrogen-bond donors (Lipinski definition) is 3. The lowest BCUT2D eigenvalue weighted by atomic mass is 10.00. The lowest BCUT2D eigenvalue weighted by Gasteiger charge is -2.15. The minimum atomic E-state index is 0.569. The Morgan fingerprint density at radius 1 is 1.09 bits per heavy atom. The Morgan fingerprint density at radius 3 is 2.84 bits per heavy atom. The van der Waals surface area contributed by atoms with E-state index < -0.39 is 0 Å². The predicted octanol–water partition coefficient (Wildman–Crippen LogP) is 6.66. The Bertz CT molecular complexity index is 1120. The van der Waals surface area contributed by atoms with Crippen molar-refractivity contribution in [2.75, 3.05) is 23.7 Å². The number of nitrogens with zero attached hydrogens (tertiary/aromatic N) is 2. The van der Waals surface area contributed by atoms with Crippen LogP contribution in [-0.2, 0) is 0 Å². The average molecular weight is 444 g/mol. The molecule has 1 aliphatic rings. The Hall–Kier alpha value is -3.09. The van der Waals surface area contributed by atoms with Crippen molar-refractivity contribution in [2.45, 2.75) is 31.6 Å². The van der Waals surface area contributed by atoms with Gasteiger partial charge in [-0.2, -0.15) is 4.98 Å². The zero-order chi connectivity index (χ0) is 22.2. The first-order valence-electron chi connectivity index (χ1n) is 11.0. The summed E-state index contributed by atoms with van der Waals surface area (Å²) in [6, 6.07) is 16.7. The molecule has 3 N–H and O–H groups in total. The van der Waals surface area contributed by atoms with Crippen LogP contribution in [0.25, 0.3) is 5.57 Å². The van der Waals surface area contributed by atoms with Crippen molar-refractivity contribution in [2.24, 2.45) is 0 Å². The van der Waals surface area contributed by atoms with E-state index >= 15 is 0 Å². The maximum Gasteiger partial charge on any atom is 0.229 e. The van der Waals surface area contributed by atoms with Gasteiger partial charge in [0.1, 0.15) is 5.82 Å². The number of hydrogen-bond acceptors (Lipinski definition) is 6. The lowest BCUT2D eigenvalue weighted by Crippen LogP contribution is -2.20. The minimum Gasteiger partial charge on any atom is -0.340 e. The number of allylic oxidation sites excluding steroid dienone is 1. The van der Waals surface area contributed by atoms with E-state index in [1.165, 1.54) is 21.6 Å². The number of aryl methyl sites for hydroxylation is 1. The second kappa shape index (κ2) is 11.0. The van der Waals surface area contributed by atoms with Gasteiger partial charge in [-0.1, -0.05) is 49.0 Å². The van der Waals surface area contributed by atoms with Gasteiger partial charge in [0.2, 0.25) is 5.95 Å². The van der Waals surface area contributed by atoms with Crippen LogP contribution in [0.5, 0.6) is 0 Å². The Balaban J connectivity index is 1.47. The highest BCUT2D eigenvalue weighted by atomic mass is 32.2. The Kier molecular flexibility index (Phi) is 7.59. The molecule has 0 spiro atoms. The number of thioether (sulfide) groups is 1. The van der Waals surface area contributed by atoms with Gasteiger partial charge in [-0.3, -0.25) is 0 Å². The van der Waals surface area contributed by atoms with E-state index in [9.17, 15) is 0 Å². The van der Waals surface area contributed by atoms with E-state index in [4.69, 9.17) is 0 Å². The van der Waals surface area contributed by atoms with E-state index in [2.05, 4.69) is 93.7 Å². The fourth-order valence-corrected chi connectivity index (χ4v) is 4.35. The van der Waals surface area contributed by atoms with Gasteiger partial charge in [0.05, 0.1) is 0 Å². The van der Waals surface area contributed by atoms with Gasteiger partial charge in [-0.15, -0.1) is 0 Å². The molecule has 6 heteroatoms. The maximum atomic E-state index is 4.65. The normalized spacial score (nSPS) is 13.8. The minimum absolute atomic E-state index is 0.569. The highest BCUT2D eigenvalue weighted by Gasteiger charge is 2.08. The third kappa shape index (κ3) is 5.99. The SMILES string of the molecule is CCC=CSc1cc(Nc2ccnc(Nc3cccc(C4=CCNCC4)c3)n2)ccc1C. The van der Waals surface area contributed by atoms with Gasteiger partial charge in [0.25, 0.3) is 0 Å².